The highest BCUT2D eigenvalue weighted by atomic mass is 32.1. The van der Waals surface area contributed by atoms with Crippen molar-refractivity contribution in [1.82, 2.24) is 9.97 Å². The largest absolute Gasteiger partial charge is 0.325 e. The first kappa shape index (κ1) is 20.4. The standard InChI is InChI=1S/C24H20N4O2S/c1-16(29)27-20-12-19(13-25-14-20)21-15-26-24(31-21)28-23(30)22(17-8-4-2-5-9-17)18-10-6-3-7-11-18/h2-15,22H,1H3,(H,27,29)(H,26,28,30). The van der Waals surface area contributed by atoms with Crippen LogP contribution in [0.15, 0.2) is 85.3 Å². The second-order valence-electron chi connectivity index (χ2n) is 6.92. The fraction of sp³-hybridized carbons (Fsp3) is 0.0833. The van der Waals surface area contributed by atoms with Gasteiger partial charge in [0.25, 0.3) is 0 Å². The molecule has 0 radical (unpaired) electrons. The van der Waals surface area contributed by atoms with Gasteiger partial charge in [-0.05, 0) is 17.2 Å². The van der Waals surface area contributed by atoms with Gasteiger partial charge >= 0.3 is 0 Å². The summed E-state index contributed by atoms with van der Waals surface area (Å²) in [5.41, 5.74) is 3.24. The molecule has 0 unspecified atom stereocenters. The van der Waals surface area contributed by atoms with Gasteiger partial charge in [-0.15, -0.1) is 0 Å². The Morgan fingerprint density at radius 3 is 2.13 bits per heavy atom. The molecule has 6 nitrogen and oxygen atoms in total. The molecule has 2 amide bonds. The number of aromatic nitrogens is 2. The molecule has 2 heterocycles. The van der Waals surface area contributed by atoms with E-state index >= 15 is 0 Å². The molecule has 2 aromatic heterocycles. The number of thiazole rings is 1. The molecule has 2 aromatic carbocycles. The van der Waals surface area contributed by atoms with Crippen LogP contribution in [0.25, 0.3) is 10.4 Å². The Kier molecular flexibility index (Phi) is 6.14. The van der Waals surface area contributed by atoms with Gasteiger partial charge in [-0.2, -0.15) is 0 Å². The Morgan fingerprint density at radius 1 is 0.871 bits per heavy atom. The molecule has 0 aliphatic heterocycles. The van der Waals surface area contributed by atoms with E-state index in [0.29, 0.717) is 10.8 Å². The summed E-state index contributed by atoms with van der Waals surface area (Å²) in [6.45, 7) is 1.45. The van der Waals surface area contributed by atoms with Crippen LogP contribution in [0, 0.1) is 0 Å². The van der Waals surface area contributed by atoms with Crippen molar-refractivity contribution in [2.45, 2.75) is 12.8 Å². The summed E-state index contributed by atoms with van der Waals surface area (Å²) in [6.07, 6.45) is 4.97. The average molecular weight is 429 g/mol. The van der Waals surface area contributed by atoms with Crippen molar-refractivity contribution in [2.75, 3.05) is 10.6 Å². The Bertz CT molecular complexity index is 1150. The summed E-state index contributed by atoms with van der Waals surface area (Å²) >= 11 is 1.35. The van der Waals surface area contributed by atoms with Crippen molar-refractivity contribution in [1.29, 1.82) is 0 Å². The minimum absolute atomic E-state index is 0.150. The van der Waals surface area contributed by atoms with E-state index in [1.165, 1.54) is 18.3 Å². The van der Waals surface area contributed by atoms with Crippen molar-refractivity contribution >= 4 is 34.0 Å². The van der Waals surface area contributed by atoms with Crippen LogP contribution in [0.5, 0.6) is 0 Å². The zero-order valence-electron chi connectivity index (χ0n) is 16.8. The lowest BCUT2D eigenvalue weighted by Gasteiger charge is -2.17. The lowest BCUT2D eigenvalue weighted by molar-refractivity contribution is -0.117. The number of pyridine rings is 1. The molecule has 0 bridgehead atoms. The Labute approximate surface area is 184 Å². The molecule has 2 N–H and O–H groups in total. The Morgan fingerprint density at radius 2 is 1.52 bits per heavy atom. The quantitative estimate of drug-likeness (QED) is 0.456. The molecular weight excluding hydrogens is 408 g/mol. The van der Waals surface area contributed by atoms with E-state index in [-0.39, 0.29) is 11.8 Å². The van der Waals surface area contributed by atoms with Gasteiger partial charge in [0.2, 0.25) is 11.8 Å². The fourth-order valence-electron chi connectivity index (χ4n) is 3.28. The lowest BCUT2D eigenvalue weighted by Crippen LogP contribution is -2.22. The van der Waals surface area contributed by atoms with E-state index in [4.69, 9.17) is 0 Å². The van der Waals surface area contributed by atoms with Gasteiger partial charge < -0.3 is 10.6 Å². The number of anilines is 2. The SMILES string of the molecule is CC(=O)Nc1cncc(-c2cnc(NC(=O)C(c3ccccc3)c3ccccc3)s2)c1. The zero-order valence-corrected chi connectivity index (χ0v) is 17.6. The number of carbonyl (C=O) groups excluding carboxylic acids is 2. The van der Waals surface area contributed by atoms with E-state index in [9.17, 15) is 9.59 Å². The number of carbonyl (C=O) groups is 2. The number of amides is 2. The summed E-state index contributed by atoms with van der Waals surface area (Å²) in [7, 11) is 0. The van der Waals surface area contributed by atoms with Crippen molar-refractivity contribution in [2.24, 2.45) is 0 Å². The molecule has 154 valence electrons. The van der Waals surface area contributed by atoms with Crippen LogP contribution < -0.4 is 10.6 Å². The average Bonchev–Trinajstić information content (AvgIpc) is 3.24. The highest BCUT2D eigenvalue weighted by molar-refractivity contribution is 7.19. The third-order valence-corrected chi connectivity index (χ3v) is 5.57. The van der Waals surface area contributed by atoms with Crippen molar-refractivity contribution in [3.8, 4) is 10.4 Å². The summed E-state index contributed by atoms with van der Waals surface area (Å²) < 4.78 is 0. The van der Waals surface area contributed by atoms with E-state index in [1.54, 1.807) is 18.6 Å². The lowest BCUT2D eigenvalue weighted by atomic mass is 9.90. The first-order valence-corrected chi connectivity index (χ1v) is 10.5. The summed E-state index contributed by atoms with van der Waals surface area (Å²) in [4.78, 5) is 33.9. The first-order chi connectivity index (χ1) is 15.1. The third-order valence-electron chi connectivity index (χ3n) is 4.61. The zero-order chi connectivity index (χ0) is 21.6. The molecule has 0 spiro atoms. The van der Waals surface area contributed by atoms with Crippen molar-refractivity contribution < 1.29 is 9.59 Å². The maximum Gasteiger partial charge on any atom is 0.238 e. The van der Waals surface area contributed by atoms with Crippen molar-refractivity contribution in [3.63, 3.8) is 0 Å². The van der Waals surface area contributed by atoms with Gasteiger partial charge in [-0.3, -0.25) is 14.6 Å². The van der Waals surface area contributed by atoms with Gasteiger partial charge in [-0.1, -0.05) is 72.0 Å². The minimum Gasteiger partial charge on any atom is -0.325 e. The molecule has 0 fully saturated rings. The normalized spacial score (nSPS) is 10.6. The molecule has 4 aromatic rings. The number of nitrogens with one attached hydrogen (secondary N) is 2. The Balaban J connectivity index is 1.57. The van der Waals surface area contributed by atoms with Crippen LogP contribution in [0.2, 0.25) is 0 Å². The molecule has 0 saturated heterocycles. The molecule has 0 aliphatic carbocycles. The topological polar surface area (TPSA) is 84.0 Å². The van der Waals surface area contributed by atoms with Crippen LogP contribution >= 0.6 is 11.3 Å². The number of rotatable bonds is 6. The molecule has 31 heavy (non-hydrogen) atoms. The van der Waals surface area contributed by atoms with E-state index in [2.05, 4.69) is 20.6 Å². The molecule has 4 rings (SSSR count). The second kappa shape index (κ2) is 9.32. The third kappa shape index (κ3) is 5.02. The molecule has 0 atom stereocenters. The van der Waals surface area contributed by atoms with Crippen molar-refractivity contribution in [3.05, 3.63) is 96.4 Å². The number of hydrogen-bond donors (Lipinski definition) is 2. The van der Waals surface area contributed by atoms with Gasteiger partial charge in [0, 0.05) is 24.9 Å². The monoisotopic (exact) mass is 428 g/mol. The van der Waals surface area contributed by atoms with Gasteiger partial charge in [-0.25, -0.2) is 4.98 Å². The number of nitrogens with zero attached hydrogens (tertiary/aromatic N) is 2. The maximum absolute atomic E-state index is 13.2. The van der Waals surface area contributed by atoms with Crippen LogP contribution in [0.4, 0.5) is 10.8 Å². The van der Waals surface area contributed by atoms with E-state index in [1.807, 2.05) is 66.7 Å². The summed E-state index contributed by atoms with van der Waals surface area (Å²) in [6, 6.07) is 21.2. The van der Waals surface area contributed by atoms with Gasteiger partial charge in [0.05, 0.1) is 22.7 Å². The van der Waals surface area contributed by atoms with Crippen LogP contribution in [0.1, 0.15) is 24.0 Å². The first-order valence-electron chi connectivity index (χ1n) is 9.70. The smallest absolute Gasteiger partial charge is 0.238 e. The highest BCUT2D eigenvalue weighted by Crippen LogP contribution is 2.32. The Hall–Kier alpha value is -3.84. The number of hydrogen-bond acceptors (Lipinski definition) is 5. The van der Waals surface area contributed by atoms with Gasteiger partial charge in [0.1, 0.15) is 0 Å². The van der Waals surface area contributed by atoms with E-state index in [0.717, 1.165) is 21.6 Å². The summed E-state index contributed by atoms with van der Waals surface area (Å²) in [5, 5.41) is 6.17. The highest BCUT2D eigenvalue weighted by Gasteiger charge is 2.23. The predicted octanol–water partition coefficient (Wildman–Crippen LogP) is 4.93. The fourth-order valence-corrected chi connectivity index (χ4v) is 4.08. The molecular formula is C24H20N4O2S. The minimum atomic E-state index is -0.445. The molecule has 0 aliphatic rings. The second-order valence-corrected chi connectivity index (χ2v) is 7.95. The van der Waals surface area contributed by atoms with Crippen LogP contribution in [-0.2, 0) is 9.59 Å². The van der Waals surface area contributed by atoms with Crippen LogP contribution in [0.3, 0.4) is 0 Å². The summed E-state index contributed by atoms with van der Waals surface area (Å²) in [5.74, 6) is -0.757. The molecule has 0 saturated carbocycles. The van der Waals surface area contributed by atoms with E-state index < -0.39 is 5.92 Å². The van der Waals surface area contributed by atoms with Crippen LogP contribution in [-0.4, -0.2) is 21.8 Å². The predicted molar refractivity (Wildman–Crippen MR) is 123 cm³/mol. The van der Waals surface area contributed by atoms with Gasteiger partial charge in [0.15, 0.2) is 5.13 Å². The maximum atomic E-state index is 13.2. The molecule has 7 heteroatoms. The number of benzene rings is 2.